The van der Waals surface area contributed by atoms with Crippen LogP contribution in [0.5, 0.6) is 0 Å². The van der Waals surface area contributed by atoms with E-state index >= 15 is 0 Å². The van der Waals surface area contributed by atoms with Crippen LogP contribution < -0.4 is 10.6 Å². The molecule has 2 aromatic heterocycles. The molecule has 0 atom stereocenters. The lowest BCUT2D eigenvalue weighted by atomic mass is 9.95. The highest BCUT2D eigenvalue weighted by Crippen LogP contribution is 2.29. The lowest BCUT2D eigenvalue weighted by Gasteiger charge is -2.23. The highest BCUT2D eigenvalue weighted by atomic mass is 35.5. The van der Waals surface area contributed by atoms with Crippen molar-refractivity contribution >= 4 is 28.7 Å². The molecule has 0 unspecified atom stereocenters. The average Bonchev–Trinajstić information content (AvgIpc) is 3.20. The molecule has 2 N–H and O–H groups in total. The molecule has 9 heteroatoms. The number of benzene rings is 2. The number of aryl methyl sites for hydroxylation is 1. The number of rotatable bonds is 7. The Balaban J connectivity index is 1.49. The van der Waals surface area contributed by atoms with E-state index < -0.39 is 5.82 Å². The Kier molecular flexibility index (Phi) is 6.69. The van der Waals surface area contributed by atoms with Gasteiger partial charge in [-0.3, -0.25) is 0 Å². The highest BCUT2D eigenvalue weighted by Gasteiger charge is 2.20. The number of hydrogen-bond acceptors (Lipinski definition) is 5. The molecule has 1 saturated heterocycles. The van der Waals surface area contributed by atoms with E-state index in [0.717, 1.165) is 32.4 Å². The van der Waals surface area contributed by atoms with E-state index in [1.54, 1.807) is 36.5 Å². The van der Waals surface area contributed by atoms with Crippen molar-refractivity contribution in [1.29, 1.82) is 0 Å². The molecule has 0 radical (unpaired) electrons. The summed E-state index contributed by atoms with van der Waals surface area (Å²) in [5.74, 6) is 0.725. The van der Waals surface area contributed by atoms with Crippen LogP contribution in [0.1, 0.15) is 24.8 Å². The van der Waals surface area contributed by atoms with Crippen LogP contribution in [0.25, 0.3) is 22.6 Å². The first-order valence-electron chi connectivity index (χ1n) is 11.4. The van der Waals surface area contributed by atoms with Gasteiger partial charge in [-0.15, -0.1) is 0 Å². The van der Waals surface area contributed by atoms with E-state index in [1.165, 1.54) is 12.1 Å². The second-order valence-electron chi connectivity index (χ2n) is 8.54. The molecule has 3 heterocycles. The maximum Gasteiger partial charge on any atom is 0.225 e. The normalized spacial score (nSPS) is 14.6. The van der Waals surface area contributed by atoms with Gasteiger partial charge in [0, 0.05) is 23.7 Å². The van der Waals surface area contributed by atoms with E-state index in [0.29, 0.717) is 51.5 Å². The summed E-state index contributed by atoms with van der Waals surface area (Å²) in [4.78, 5) is 13.7. The van der Waals surface area contributed by atoms with Crippen molar-refractivity contribution in [3.05, 3.63) is 70.9 Å². The van der Waals surface area contributed by atoms with Gasteiger partial charge in [0.2, 0.25) is 5.95 Å². The third-order valence-electron chi connectivity index (χ3n) is 6.27. The third-order valence-corrected chi connectivity index (χ3v) is 6.51. The van der Waals surface area contributed by atoms with Crippen molar-refractivity contribution in [3.8, 4) is 11.4 Å². The molecule has 0 spiro atoms. The van der Waals surface area contributed by atoms with Crippen LogP contribution >= 0.6 is 11.6 Å². The zero-order chi connectivity index (χ0) is 23.5. The van der Waals surface area contributed by atoms with Crippen molar-refractivity contribution < 1.29 is 8.78 Å². The fourth-order valence-electron chi connectivity index (χ4n) is 4.39. The van der Waals surface area contributed by atoms with E-state index in [-0.39, 0.29) is 12.4 Å². The number of nitrogens with one attached hydrogen (secondary N) is 2. The number of anilines is 1. The Morgan fingerprint density at radius 3 is 2.68 bits per heavy atom. The minimum absolute atomic E-state index is 0.250. The lowest BCUT2D eigenvalue weighted by molar-refractivity contribution is 0.339. The molecule has 0 aliphatic carbocycles. The summed E-state index contributed by atoms with van der Waals surface area (Å²) in [6, 6.07) is 11.2. The maximum atomic E-state index is 14.8. The molecule has 0 saturated carbocycles. The van der Waals surface area contributed by atoms with Gasteiger partial charge in [-0.25, -0.2) is 18.7 Å². The zero-order valence-electron chi connectivity index (χ0n) is 18.6. The first-order chi connectivity index (χ1) is 16.6. The molecule has 1 fully saturated rings. The van der Waals surface area contributed by atoms with Crippen molar-refractivity contribution in [2.45, 2.75) is 32.4 Å². The van der Waals surface area contributed by atoms with Gasteiger partial charge in [0.1, 0.15) is 23.0 Å². The molecule has 1 aliphatic heterocycles. The molecule has 0 amide bonds. The van der Waals surface area contributed by atoms with Crippen LogP contribution in [0.2, 0.25) is 5.02 Å². The topological polar surface area (TPSA) is 67.7 Å². The molecule has 0 bridgehead atoms. The van der Waals surface area contributed by atoms with E-state index in [9.17, 15) is 8.78 Å². The van der Waals surface area contributed by atoms with Crippen molar-refractivity contribution in [2.24, 2.45) is 5.92 Å². The number of halogens is 3. The van der Waals surface area contributed by atoms with Gasteiger partial charge >= 0.3 is 0 Å². The molecule has 4 aromatic rings. The second-order valence-corrected chi connectivity index (χ2v) is 8.98. The number of piperidine rings is 1. The summed E-state index contributed by atoms with van der Waals surface area (Å²) in [5.41, 5.74) is 2.08. The van der Waals surface area contributed by atoms with Crippen molar-refractivity contribution in [2.75, 3.05) is 18.4 Å². The second kappa shape index (κ2) is 10.0. The smallest absolute Gasteiger partial charge is 0.225 e. The van der Waals surface area contributed by atoms with Crippen LogP contribution in [0.4, 0.5) is 14.7 Å². The summed E-state index contributed by atoms with van der Waals surface area (Å²) in [6.07, 6.45) is 4.78. The molecule has 176 valence electrons. The molecule has 1 aliphatic rings. The van der Waals surface area contributed by atoms with Gasteiger partial charge in [0.05, 0.1) is 11.8 Å². The largest absolute Gasteiger partial charge is 0.350 e. The number of nitrogens with zero attached hydrogens (tertiary/aromatic N) is 4. The van der Waals surface area contributed by atoms with Gasteiger partial charge in [-0.1, -0.05) is 29.8 Å². The van der Waals surface area contributed by atoms with Gasteiger partial charge in [-0.2, -0.15) is 4.98 Å². The Morgan fingerprint density at radius 2 is 1.88 bits per heavy atom. The van der Waals surface area contributed by atoms with Crippen molar-refractivity contribution in [1.82, 2.24) is 24.8 Å². The van der Waals surface area contributed by atoms with E-state index in [1.807, 2.05) is 4.57 Å². The highest BCUT2D eigenvalue weighted by molar-refractivity contribution is 6.30. The lowest BCUT2D eigenvalue weighted by Crippen LogP contribution is -2.28. The molecular weight excluding hydrogens is 458 g/mol. The maximum absolute atomic E-state index is 14.8. The third kappa shape index (κ3) is 4.88. The van der Waals surface area contributed by atoms with Crippen LogP contribution in [-0.2, 0) is 13.1 Å². The number of fused-ring (bicyclic) bond motifs is 1. The SMILES string of the molecule is Fc1ccccc1CNc1ncc2nc(-c3ccc(Cl)cc3F)n(CCC3CCNCC3)c2n1. The summed E-state index contributed by atoms with van der Waals surface area (Å²) in [7, 11) is 0. The molecule has 5 rings (SSSR count). The summed E-state index contributed by atoms with van der Waals surface area (Å²) < 4.78 is 30.8. The first-order valence-corrected chi connectivity index (χ1v) is 11.8. The van der Waals surface area contributed by atoms with Crippen LogP contribution in [-0.4, -0.2) is 32.6 Å². The molecule has 2 aromatic carbocycles. The Morgan fingerprint density at radius 1 is 1.06 bits per heavy atom. The summed E-state index contributed by atoms with van der Waals surface area (Å²) in [6.45, 7) is 2.93. The minimum Gasteiger partial charge on any atom is -0.350 e. The zero-order valence-corrected chi connectivity index (χ0v) is 19.3. The standard InChI is InChI=1S/C25H25ClF2N6/c26-18-5-6-19(21(28)13-18)23-32-22-15-31-25(30-14-17-3-1-2-4-20(17)27)33-24(22)34(23)12-9-16-7-10-29-11-8-16/h1-6,13,15-16,29H,7-12,14H2,(H,30,31,33). The van der Waals surface area contributed by atoms with Gasteiger partial charge in [0.25, 0.3) is 0 Å². The number of aromatic nitrogens is 4. The van der Waals surface area contributed by atoms with Gasteiger partial charge in [-0.05, 0) is 62.5 Å². The van der Waals surface area contributed by atoms with Crippen LogP contribution in [0, 0.1) is 17.6 Å². The monoisotopic (exact) mass is 482 g/mol. The minimum atomic E-state index is -0.434. The molecular formula is C25H25ClF2N6. The first kappa shape index (κ1) is 22.7. The predicted molar refractivity (Wildman–Crippen MR) is 130 cm³/mol. The summed E-state index contributed by atoms with van der Waals surface area (Å²) >= 11 is 5.97. The van der Waals surface area contributed by atoms with E-state index in [2.05, 4.69) is 25.6 Å². The molecule has 6 nitrogen and oxygen atoms in total. The van der Waals surface area contributed by atoms with E-state index in [4.69, 9.17) is 11.6 Å². The summed E-state index contributed by atoms with van der Waals surface area (Å²) in [5, 5.41) is 6.81. The van der Waals surface area contributed by atoms with Crippen LogP contribution in [0.3, 0.4) is 0 Å². The van der Waals surface area contributed by atoms with Crippen LogP contribution in [0.15, 0.2) is 48.7 Å². The van der Waals surface area contributed by atoms with Gasteiger partial charge < -0.3 is 15.2 Å². The Labute approximate surface area is 201 Å². The predicted octanol–water partition coefficient (Wildman–Crippen LogP) is 5.43. The fraction of sp³-hybridized carbons (Fsp3) is 0.320. The number of imidazole rings is 1. The average molecular weight is 483 g/mol. The Bertz CT molecular complexity index is 1300. The quantitative estimate of drug-likeness (QED) is 0.368. The van der Waals surface area contributed by atoms with Crippen molar-refractivity contribution in [3.63, 3.8) is 0 Å². The fourth-order valence-corrected chi connectivity index (χ4v) is 4.55. The molecule has 34 heavy (non-hydrogen) atoms. The number of hydrogen-bond donors (Lipinski definition) is 2. The Hall–Kier alpha value is -3.10. The van der Waals surface area contributed by atoms with Gasteiger partial charge in [0.15, 0.2) is 5.65 Å².